The zero-order valence-corrected chi connectivity index (χ0v) is 19.0. The van der Waals surface area contributed by atoms with Crippen LogP contribution in [0.1, 0.15) is 50.8 Å². The van der Waals surface area contributed by atoms with E-state index in [1.807, 2.05) is 45.0 Å². The summed E-state index contributed by atoms with van der Waals surface area (Å²) >= 11 is 3.40. The van der Waals surface area contributed by atoms with Crippen LogP contribution in [-0.4, -0.2) is 56.8 Å². The molecule has 0 saturated carbocycles. The lowest BCUT2D eigenvalue weighted by atomic mass is 10.0. The molecule has 0 aliphatic carbocycles. The standard InChI is InChI=1S/C22H27BrN4O3/c1-22(2,3)30-21(29)26-12-17-8-9-18(13-26)27(17)20-24-10-15(11-25-20)19(28)14-4-6-16(23)7-5-14/h4-7,10-11,17-19,28H,8-9,12-13H2,1-3H3. The molecular weight excluding hydrogens is 448 g/mol. The van der Waals surface area contributed by atoms with Crippen molar-refractivity contribution in [3.05, 3.63) is 52.3 Å². The van der Waals surface area contributed by atoms with Crippen molar-refractivity contribution in [1.82, 2.24) is 14.9 Å². The summed E-state index contributed by atoms with van der Waals surface area (Å²) in [5.41, 5.74) is 0.948. The summed E-state index contributed by atoms with van der Waals surface area (Å²) in [6.07, 6.45) is 4.34. The normalized spacial score (nSPS) is 22.2. The lowest BCUT2D eigenvalue weighted by Gasteiger charge is -2.41. The molecule has 2 aliphatic heterocycles. The first-order valence-corrected chi connectivity index (χ1v) is 11.0. The number of ether oxygens (including phenoxy) is 1. The van der Waals surface area contributed by atoms with Crippen LogP contribution < -0.4 is 4.90 Å². The maximum atomic E-state index is 12.5. The van der Waals surface area contributed by atoms with Crippen LogP contribution in [-0.2, 0) is 4.74 Å². The van der Waals surface area contributed by atoms with Crippen LogP contribution in [0, 0.1) is 0 Å². The van der Waals surface area contributed by atoms with E-state index < -0.39 is 11.7 Å². The van der Waals surface area contributed by atoms with Gasteiger partial charge < -0.3 is 19.6 Å². The van der Waals surface area contributed by atoms with E-state index in [0.29, 0.717) is 24.6 Å². The molecule has 1 amide bonds. The van der Waals surface area contributed by atoms with Crippen molar-refractivity contribution in [2.75, 3.05) is 18.0 Å². The molecule has 2 saturated heterocycles. The third-order valence-electron chi connectivity index (χ3n) is 5.52. The second kappa shape index (κ2) is 8.15. The number of hydrogen-bond donors (Lipinski definition) is 1. The Hall–Kier alpha value is -2.19. The van der Waals surface area contributed by atoms with Gasteiger partial charge in [-0.3, -0.25) is 0 Å². The van der Waals surface area contributed by atoms with Crippen LogP contribution in [0.2, 0.25) is 0 Å². The summed E-state index contributed by atoms with van der Waals surface area (Å²) in [6.45, 7) is 6.87. The van der Waals surface area contributed by atoms with Gasteiger partial charge in [-0.1, -0.05) is 28.1 Å². The van der Waals surface area contributed by atoms with Gasteiger partial charge in [-0.2, -0.15) is 0 Å². The van der Waals surface area contributed by atoms with Gasteiger partial charge >= 0.3 is 6.09 Å². The molecule has 0 spiro atoms. The fraction of sp³-hybridized carbons (Fsp3) is 0.500. The number of anilines is 1. The van der Waals surface area contributed by atoms with Crippen LogP contribution in [0.25, 0.3) is 0 Å². The third-order valence-corrected chi connectivity index (χ3v) is 6.05. The predicted molar refractivity (Wildman–Crippen MR) is 117 cm³/mol. The monoisotopic (exact) mass is 474 g/mol. The molecule has 4 rings (SSSR count). The van der Waals surface area contributed by atoms with Gasteiger partial charge in [0.2, 0.25) is 5.95 Å². The minimum atomic E-state index is -0.770. The molecule has 30 heavy (non-hydrogen) atoms. The van der Waals surface area contributed by atoms with Gasteiger partial charge in [0.1, 0.15) is 11.7 Å². The molecule has 1 aromatic heterocycles. The van der Waals surface area contributed by atoms with E-state index >= 15 is 0 Å². The highest BCUT2D eigenvalue weighted by molar-refractivity contribution is 9.10. The van der Waals surface area contributed by atoms with E-state index in [1.54, 1.807) is 17.3 Å². The molecule has 2 fully saturated rings. The molecule has 1 N–H and O–H groups in total. The van der Waals surface area contributed by atoms with Gasteiger partial charge in [-0.05, 0) is 51.3 Å². The number of benzene rings is 1. The smallest absolute Gasteiger partial charge is 0.410 e. The quantitative estimate of drug-likeness (QED) is 0.726. The average molecular weight is 475 g/mol. The Bertz CT molecular complexity index is 884. The zero-order valence-electron chi connectivity index (χ0n) is 17.5. The van der Waals surface area contributed by atoms with Gasteiger partial charge in [0.05, 0.1) is 12.1 Å². The number of piperazine rings is 1. The van der Waals surface area contributed by atoms with E-state index in [9.17, 15) is 9.90 Å². The van der Waals surface area contributed by atoms with E-state index in [-0.39, 0.29) is 18.2 Å². The van der Waals surface area contributed by atoms with E-state index in [4.69, 9.17) is 4.74 Å². The minimum Gasteiger partial charge on any atom is -0.444 e. The molecule has 3 heterocycles. The number of aliphatic hydroxyl groups is 1. The van der Waals surface area contributed by atoms with E-state index in [2.05, 4.69) is 30.8 Å². The van der Waals surface area contributed by atoms with E-state index in [1.165, 1.54) is 0 Å². The van der Waals surface area contributed by atoms with Gasteiger partial charge in [0.25, 0.3) is 0 Å². The molecular formula is C22H27BrN4O3. The van der Waals surface area contributed by atoms with Crippen LogP contribution in [0.4, 0.5) is 10.7 Å². The number of amides is 1. The zero-order chi connectivity index (χ0) is 21.5. The maximum Gasteiger partial charge on any atom is 0.410 e. The Morgan fingerprint density at radius 2 is 1.67 bits per heavy atom. The number of hydrogen-bond acceptors (Lipinski definition) is 6. The maximum absolute atomic E-state index is 12.5. The number of carbonyl (C=O) groups excluding carboxylic acids is 1. The Kier molecular flexibility index (Phi) is 5.72. The Labute approximate surface area is 185 Å². The van der Waals surface area contributed by atoms with Gasteiger partial charge in [-0.25, -0.2) is 14.8 Å². The summed E-state index contributed by atoms with van der Waals surface area (Å²) in [5, 5.41) is 10.6. The molecule has 0 radical (unpaired) electrons. The average Bonchev–Trinajstić information content (AvgIpc) is 2.96. The van der Waals surface area contributed by atoms with Crippen molar-refractivity contribution in [2.24, 2.45) is 0 Å². The fourth-order valence-electron chi connectivity index (χ4n) is 4.15. The molecule has 8 heteroatoms. The van der Waals surface area contributed by atoms with Crippen molar-refractivity contribution in [3.63, 3.8) is 0 Å². The molecule has 3 unspecified atom stereocenters. The van der Waals surface area contributed by atoms with Crippen LogP contribution >= 0.6 is 15.9 Å². The summed E-state index contributed by atoms with van der Waals surface area (Å²) in [4.78, 5) is 25.6. The number of likely N-dealkylation sites (tertiary alicyclic amines) is 1. The predicted octanol–water partition coefficient (Wildman–Crippen LogP) is 3.91. The van der Waals surface area contributed by atoms with Gasteiger partial charge in [-0.15, -0.1) is 0 Å². The Morgan fingerprint density at radius 3 is 2.20 bits per heavy atom. The van der Waals surface area contributed by atoms with Crippen molar-refractivity contribution >= 4 is 28.0 Å². The van der Waals surface area contributed by atoms with Crippen LogP contribution in [0.15, 0.2) is 41.1 Å². The number of carbonyl (C=O) groups is 1. The minimum absolute atomic E-state index is 0.179. The van der Waals surface area contributed by atoms with Crippen molar-refractivity contribution in [3.8, 4) is 0 Å². The van der Waals surface area contributed by atoms with Crippen molar-refractivity contribution in [2.45, 2.75) is 57.4 Å². The van der Waals surface area contributed by atoms with Gasteiger partial charge in [0, 0.05) is 35.5 Å². The molecule has 2 bridgehead atoms. The molecule has 1 aromatic carbocycles. The number of rotatable bonds is 3. The first-order valence-electron chi connectivity index (χ1n) is 10.2. The molecule has 160 valence electrons. The van der Waals surface area contributed by atoms with Crippen LogP contribution in [0.5, 0.6) is 0 Å². The first-order chi connectivity index (χ1) is 14.2. The molecule has 7 nitrogen and oxygen atoms in total. The molecule has 2 aromatic rings. The lowest BCUT2D eigenvalue weighted by Crippen LogP contribution is -2.56. The third kappa shape index (κ3) is 4.44. The summed E-state index contributed by atoms with van der Waals surface area (Å²) in [7, 11) is 0. The first kappa shape index (κ1) is 21.1. The highest BCUT2D eigenvalue weighted by atomic mass is 79.9. The number of halogens is 1. The number of aliphatic hydroxyl groups excluding tert-OH is 1. The largest absolute Gasteiger partial charge is 0.444 e. The Balaban J connectivity index is 1.45. The second-order valence-electron chi connectivity index (χ2n) is 8.95. The summed E-state index contributed by atoms with van der Waals surface area (Å²) in [6, 6.07) is 7.90. The SMILES string of the molecule is CC(C)(C)OC(=O)N1CC2CCC(C1)N2c1ncc(C(O)c2ccc(Br)cc2)cn1. The van der Waals surface area contributed by atoms with Crippen LogP contribution in [0.3, 0.4) is 0 Å². The van der Waals surface area contributed by atoms with E-state index in [0.717, 1.165) is 22.9 Å². The Morgan fingerprint density at radius 1 is 1.10 bits per heavy atom. The van der Waals surface area contributed by atoms with Gasteiger partial charge in [0.15, 0.2) is 0 Å². The topological polar surface area (TPSA) is 78.8 Å². The number of nitrogens with zero attached hydrogens (tertiary/aromatic N) is 4. The highest BCUT2D eigenvalue weighted by Gasteiger charge is 2.43. The lowest BCUT2D eigenvalue weighted by molar-refractivity contribution is 0.0208. The molecule has 3 atom stereocenters. The number of fused-ring (bicyclic) bond motifs is 2. The second-order valence-corrected chi connectivity index (χ2v) is 9.86. The highest BCUT2D eigenvalue weighted by Crippen LogP contribution is 2.34. The summed E-state index contributed by atoms with van der Waals surface area (Å²) < 4.78 is 6.50. The fourth-order valence-corrected chi connectivity index (χ4v) is 4.41. The molecule has 2 aliphatic rings. The number of aromatic nitrogens is 2. The van der Waals surface area contributed by atoms with Crippen molar-refractivity contribution < 1.29 is 14.6 Å². The van der Waals surface area contributed by atoms with Crippen molar-refractivity contribution in [1.29, 1.82) is 0 Å². The summed E-state index contributed by atoms with van der Waals surface area (Å²) in [5.74, 6) is 0.651.